The zero-order chi connectivity index (χ0) is 22.2. The highest BCUT2D eigenvalue weighted by Crippen LogP contribution is 2.37. The van der Waals surface area contributed by atoms with Crippen molar-refractivity contribution in [2.45, 2.75) is 45.7 Å². The molecule has 0 radical (unpaired) electrons. The van der Waals surface area contributed by atoms with Gasteiger partial charge in [0.2, 0.25) is 5.91 Å². The minimum atomic E-state index is -0.940. The van der Waals surface area contributed by atoms with Crippen LogP contribution in [0.3, 0.4) is 0 Å². The number of aryl methyl sites for hydroxylation is 2. The molecule has 2 aromatic heterocycles. The lowest BCUT2D eigenvalue weighted by Gasteiger charge is -2.36. The number of hydrogen-bond donors (Lipinski definition) is 2. The summed E-state index contributed by atoms with van der Waals surface area (Å²) >= 11 is 0. The summed E-state index contributed by atoms with van der Waals surface area (Å²) < 4.78 is 1.75. The topological polar surface area (TPSA) is 115 Å². The van der Waals surface area contributed by atoms with Gasteiger partial charge in [-0.15, -0.1) is 0 Å². The van der Waals surface area contributed by atoms with E-state index in [1.54, 1.807) is 47.2 Å². The van der Waals surface area contributed by atoms with Crippen LogP contribution in [-0.4, -0.2) is 50.5 Å². The fraction of sp³-hybridized carbons (Fsp3) is 0.391. The number of quaternary nitrogens is 1. The molecule has 33 heavy (non-hydrogen) atoms. The minimum absolute atomic E-state index is 0. The van der Waals surface area contributed by atoms with Crippen LogP contribution in [0.4, 0.5) is 17.2 Å². The van der Waals surface area contributed by atoms with Gasteiger partial charge >= 0.3 is 0 Å². The van der Waals surface area contributed by atoms with Crippen LogP contribution in [0.5, 0.6) is 0 Å². The lowest BCUT2D eigenvalue weighted by atomic mass is 10.1. The highest BCUT2D eigenvalue weighted by Gasteiger charge is 2.40. The first-order chi connectivity index (χ1) is 15.5. The fourth-order valence-corrected chi connectivity index (χ4v) is 4.51. The average molecular weight is 452 g/mol. The fourth-order valence-electron chi connectivity index (χ4n) is 4.51. The molecule has 0 saturated carbocycles. The Morgan fingerprint density at radius 2 is 2.06 bits per heavy atom. The first kappa shape index (κ1) is 22.8. The van der Waals surface area contributed by atoms with Crippen molar-refractivity contribution in [1.29, 1.82) is 0 Å². The second kappa shape index (κ2) is 9.26. The van der Waals surface area contributed by atoms with Crippen molar-refractivity contribution in [2.75, 3.05) is 23.4 Å². The van der Waals surface area contributed by atoms with Gasteiger partial charge in [0.25, 0.3) is 0 Å². The Bertz CT molecular complexity index is 1150. The van der Waals surface area contributed by atoms with Crippen LogP contribution in [-0.2, 0) is 24.2 Å². The van der Waals surface area contributed by atoms with E-state index in [9.17, 15) is 15.2 Å². The monoisotopic (exact) mass is 451 g/mol. The molecule has 2 aliphatic heterocycles. The molecule has 2 atom stereocenters. The number of nitrogens with one attached hydrogen (secondary N) is 1. The molecule has 5 rings (SSSR count). The number of anilines is 2. The van der Waals surface area contributed by atoms with Crippen LogP contribution in [0, 0.1) is 5.21 Å². The number of rotatable bonds is 6. The van der Waals surface area contributed by atoms with Crippen LogP contribution in [0.15, 0.2) is 42.9 Å². The predicted octanol–water partition coefficient (Wildman–Crippen LogP) is 1.49. The van der Waals surface area contributed by atoms with E-state index in [1.807, 2.05) is 12.3 Å². The van der Waals surface area contributed by atoms with E-state index in [0.717, 1.165) is 48.7 Å². The van der Waals surface area contributed by atoms with Crippen LogP contribution >= 0.6 is 0 Å². The molecule has 1 saturated heterocycles. The van der Waals surface area contributed by atoms with Gasteiger partial charge in [0.15, 0.2) is 11.5 Å². The first-order valence-corrected chi connectivity index (χ1v) is 10.7. The highest BCUT2D eigenvalue weighted by molar-refractivity contribution is 6.04. The van der Waals surface area contributed by atoms with Crippen LogP contribution < -0.4 is 15.0 Å². The number of likely N-dealkylation sites (N-methyl/N-ethyl adjacent to an activating group) is 1. The number of nitrogens with zero attached hydrogens (tertiary/aromatic N) is 6. The Balaban J connectivity index is 0.00000259. The molecule has 1 unspecified atom stereocenters. The standard InChI is InChI=1S/C22H25N7O3.CH4/c1-26-19-12-23-20(25-21(19)28-10-4-7-18(28)22(26)30)9-8-15-11-24-27(13-15)14-16-5-2-3-6-17(16)29(31)32;/h2-3,5-6,11-13,18,29,31H,4,7-10,14H2,1H3;1H4/t18-;/m0./s1. The number of para-hydroxylation sites is 1. The summed E-state index contributed by atoms with van der Waals surface area (Å²) in [5.41, 5.74) is 2.80. The van der Waals surface area contributed by atoms with Crippen molar-refractivity contribution < 1.29 is 15.2 Å². The number of hydrogen-bond acceptors (Lipinski definition) is 7. The summed E-state index contributed by atoms with van der Waals surface area (Å²) in [6, 6.07) is 6.85. The number of amides is 1. The second-order valence-electron chi connectivity index (χ2n) is 8.25. The van der Waals surface area contributed by atoms with Crippen molar-refractivity contribution in [2.24, 2.45) is 0 Å². The van der Waals surface area contributed by atoms with Gasteiger partial charge in [-0.2, -0.15) is 10.3 Å². The molecule has 10 nitrogen and oxygen atoms in total. The normalized spacial score (nSPS) is 18.0. The quantitative estimate of drug-likeness (QED) is 0.546. The second-order valence-corrected chi connectivity index (χ2v) is 8.25. The van der Waals surface area contributed by atoms with Gasteiger partial charge in [-0.05, 0) is 24.8 Å². The zero-order valence-corrected chi connectivity index (χ0v) is 17.8. The van der Waals surface area contributed by atoms with Crippen molar-refractivity contribution in [1.82, 2.24) is 19.7 Å². The van der Waals surface area contributed by atoms with Crippen LogP contribution in [0.1, 0.15) is 37.2 Å². The summed E-state index contributed by atoms with van der Waals surface area (Å²) in [6.45, 7) is 1.24. The summed E-state index contributed by atoms with van der Waals surface area (Å²) in [5.74, 6) is 1.70. The lowest BCUT2D eigenvalue weighted by molar-refractivity contribution is -0.991. The summed E-state index contributed by atoms with van der Waals surface area (Å²) in [5, 5.41) is 24.2. The maximum Gasteiger partial charge on any atom is 0.249 e. The SMILES string of the molecule is C.CN1C(=O)[C@@H]2CCCN2c2nc(CCc3cnn(Cc4ccccc4[NH+]([O-])O)c3)ncc21. The molecule has 1 amide bonds. The predicted molar refractivity (Wildman–Crippen MR) is 123 cm³/mol. The molecule has 0 spiro atoms. The first-order valence-electron chi connectivity index (χ1n) is 10.7. The number of benzene rings is 1. The molecular weight excluding hydrogens is 422 g/mol. The zero-order valence-electron chi connectivity index (χ0n) is 17.8. The van der Waals surface area contributed by atoms with Crippen molar-refractivity contribution in [3.05, 3.63) is 65.0 Å². The van der Waals surface area contributed by atoms with E-state index in [2.05, 4.69) is 15.0 Å². The van der Waals surface area contributed by atoms with Gasteiger partial charge < -0.3 is 15.0 Å². The molecule has 1 aromatic carbocycles. The largest absolute Gasteiger partial charge is 0.595 e. The number of carbonyl (C=O) groups is 1. The van der Waals surface area contributed by atoms with Crippen molar-refractivity contribution in [3.63, 3.8) is 0 Å². The smallest absolute Gasteiger partial charge is 0.249 e. The molecule has 1 fully saturated rings. The molecule has 0 aliphatic carbocycles. The Hall–Kier alpha value is -3.34. The molecule has 0 bridgehead atoms. The van der Waals surface area contributed by atoms with Gasteiger partial charge in [-0.1, -0.05) is 25.6 Å². The summed E-state index contributed by atoms with van der Waals surface area (Å²) in [7, 11) is 1.79. The minimum Gasteiger partial charge on any atom is -0.595 e. The third-order valence-corrected chi connectivity index (χ3v) is 6.21. The maximum absolute atomic E-state index is 12.5. The van der Waals surface area contributed by atoms with Gasteiger partial charge in [-0.3, -0.25) is 9.48 Å². The van der Waals surface area contributed by atoms with Gasteiger partial charge in [-0.25, -0.2) is 15.2 Å². The summed E-state index contributed by atoms with van der Waals surface area (Å²) in [4.78, 5) is 25.6. The number of aromatic nitrogens is 4. The Kier molecular flexibility index (Phi) is 6.41. The van der Waals surface area contributed by atoms with Gasteiger partial charge in [0.05, 0.1) is 18.9 Å². The van der Waals surface area contributed by atoms with E-state index < -0.39 is 5.23 Å². The molecule has 3 aromatic rings. The summed E-state index contributed by atoms with van der Waals surface area (Å²) in [6.07, 6.45) is 8.71. The van der Waals surface area contributed by atoms with E-state index in [1.165, 1.54) is 0 Å². The molecule has 4 heterocycles. The molecule has 174 valence electrons. The average Bonchev–Trinajstić information content (AvgIpc) is 3.46. The van der Waals surface area contributed by atoms with E-state index >= 15 is 0 Å². The van der Waals surface area contributed by atoms with Gasteiger partial charge in [0.1, 0.15) is 17.6 Å². The van der Waals surface area contributed by atoms with Crippen LogP contribution in [0.25, 0.3) is 0 Å². The van der Waals surface area contributed by atoms with Crippen molar-refractivity contribution >= 4 is 23.1 Å². The number of fused-ring (bicyclic) bond motifs is 3. The molecule has 10 heteroatoms. The van der Waals surface area contributed by atoms with E-state index in [-0.39, 0.29) is 25.1 Å². The number of carbonyl (C=O) groups excluding carboxylic acids is 1. The van der Waals surface area contributed by atoms with E-state index in [0.29, 0.717) is 18.5 Å². The molecule has 2 aliphatic rings. The third-order valence-electron chi connectivity index (χ3n) is 6.21. The Labute approximate surface area is 192 Å². The Morgan fingerprint density at radius 1 is 1.24 bits per heavy atom. The Morgan fingerprint density at radius 3 is 2.88 bits per heavy atom. The van der Waals surface area contributed by atoms with Crippen molar-refractivity contribution in [3.8, 4) is 0 Å². The molecule has 2 N–H and O–H groups in total. The molecular formula is C23H29N7O3. The maximum atomic E-state index is 12.5. The van der Waals surface area contributed by atoms with Gasteiger partial charge in [0, 0.05) is 37.8 Å². The third kappa shape index (κ3) is 4.32. The lowest BCUT2D eigenvalue weighted by Crippen LogP contribution is -2.99. The van der Waals surface area contributed by atoms with E-state index in [4.69, 9.17) is 4.98 Å². The highest BCUT2D eigenvalue weighted by atomic mass is 16.8. The van der Waals surface area contributed by atoms with Crippen LogP contribution in [0.2, 0.25) is 0 Å².